The maximum Gasteiger partial charge on any atom is 0.140 e. The van der Waals surface area contributed by atoms with Crippen LogP contribution in [0.5, 0.6) is 0 Å². The largest absolute Gasteiger partial charge is 0.310 e. The molecule has 2 rings (SSSR count). The van der Waals surface area contributed by atoms with Crippen molar-refractivity contribution in [2.75, 3.05) is 0 Å². The maximum atomic E-state index is 8.83. The predicted molar refractivity (Wildman–Crippen MR) is 76.4 cm³/mol. The normalized spacial score (nSPS) is 22.9. The zero-order valence-corrected chi connectivity index (χ0v) is 11.7. The van der Waals surface area contributed by atoms with Gasteiger partial charge in [0.15, 0.2) is 0 Å². The summed E-state index contributed by atoms with van der Waals surface area (Å²) in [7, 11) is 0. The van der Waals surface area contributed by atoms with E-state index in [2.05, 4.69) is 23.3 Å². The lowest BCUT2D eigenvalue weighted by atomic mass is 9.83. The van der Waals surface area contributed by atoms with E-state index in [0.29, 0.717) is 11.7 Å². The molecule has 1 fully saturated rings. The molecule has 1 aromatic rings. The smallest absolute Gasteiger partial charge is 0.140 e. The molecule has 0 amide bonds. The molecule has 1 aliphatic rings. The van der Waals surface area contributed by atoms with Crippen LogP contribution in [0.25, 0.3) is 0 Å². The summed E-state index contributed by atoms with van der Waals surface area (Å²) in [6, 6.07) is 6.58. The van der Waals surface area contributed by atoms with Gasteiger partial charge in [0, 0.05) is 18.8 Å². The maximum absolute atomic E-state index is 8.83. The average Bonchev–Trinajstić information content (AvgIpc) is 2.47. The number of pyridine rings is 1. The highest BCUT2D eigenvalue weighted by Gasteiger charge is 2.19. The van der Waals surface area contributed by atoms with Crippen LogP contribution < -0.4 is 5.32 Å². The van der Waals surface area contributed by atoms with Crippen molar-refractivity contribution in [3.8, 4) is 6.07 Å². The van der Waals surface area contributed by atoms with Gasteiger partial charge in [-0.1, -0.05) is 19.8 Å². The fourth-order valence-electron chi connectivity index (χ4n) is 2.97. The zero-order chi connectivity index (χ0) is 13.5. The Morgan fingerprint density at radius 3 is 2.84 bits per heavy atom. The highest BCUT2D eigenvalue weighted by molar-refractivity contribution is 5.25. The molecule has 3 nitrogen and oxygen atoms in total. The van der Waals surface area contributed by atoms with Crippen LogP contribution >= 0.6 is 0 Å². The summed E-state index contributed by atoms with van der Waals surface area (Å²) in [6.07, 6.45) is 9.74. The molecule has 0 aromatic carbocycles. The summed E-state index contributed by atoms with van der Waals surface area (Å²) in [5.74, 6) is 0.953. The first-order valence-electron chi connectivity index (χ1n) is 7.40. The zero-order valence-electron chi connectivity index (χ0n) is 11.7. The highest BCUT2D eigenvalue weighted by atomic mass is 14.9. The van der Waals surface area contributed by atoms with E-state index in [4.69, 9.17) is 5.26 Å². The quantitative estimate of drug-likeness (QED) is 0.879. The summed E-state index contributed by atoms with van der Waals surface area (Å²) in [4.78, 5) is 3.99. The van der Waals surface area contributed by atoms with Crippen LogP contribution in [0.2, 0.25) is 0 Å². The summed E-state index contributed by atoms with van der Waals surface area (Å²) in [5, 5.41) is 12.4. The molecule has 0 radical (unpaired) electrons. The number of hydrogen-bond acceptors (Lipinski definition) is 3. The van der Waals surface area contributed by atoms with E-state index in [1.54, 1.807) is 6.20 Å². The van der Waals surface area contributed by atoms with Crippen LogP contribution in [0.4, 0.5) is 0 Å². The van der Waals surface area contributed by atoms with Gasteiger partial charge >= 0.3 is 0 Å². The topological polar surface area (TPSA) is 48.7 Å². The standard InChI is InChI=1S/C16H23N3/c1-2-3-13-4-6-15(7-5-13)19-12-14-8-9-18-16(10-14)11-17/h8-10,13,15,19H,2-7,12H2,1H3. The Bertz CT molecular complexity index is 428. The van der Waals surface area contributed by atoms with Gasteiger partial charge < -0.3 is 5.32 Å². The van der Waals surface area contributed by atoms with Crippen LogP contribution in [0, 0.1) is 17.2 Å². The molecule has 0 bridgehead atoms. The molecule has 1 heterocycles. The Kier molecular flexibility index (Phi) is 5.35. The van der Waals surface area contributed by atoms with Gasteiger partial charge in [0.25, 0.3) is 0 Å². The molecule has 3 heteroatoms. The van der Waals surface area contributed by atoms with Gasteiger partial charge in [0.2, 0.25) is 0 Å². The Morgan fingerprint density at radius 2 is 2.16 bits per heavy atom. The van der Waals surface area contributed by atoms with Crippen molar-refractivity contribution in [1.82, 2.24) is 10.3 Å². The first kappa shape index (κ1) is 14.0. The third-order valence-electron chi connectivity index (χ3n) is 4.08. The van der Waals surface area contributed by atoms with Crippen molar-refractivity contribution in [3.63, 3.8) is 0 Å². The van der Waals surface area contributed by atoms with Crippen LogP contribution in [0.1, 0.15) is 56.7 Å². The second-order valence-electron chi connectivity index (χ2n) is 5.55. The minimum Gasteiger partial charge on any atom is -0.310 e. The first-order chi connectivity index (χ1) is 9.31. The summed E-state index contributed by atoms with van der Waals surface area (Å²) < 4.78 is 0. The van der Waals surface area contributed by atoms with E-state index in [0.717, 1.165) is 18.0 Å². The SMILES string of the molecule is CCCC1CCC(NCc2ccnc(C#N)c2)CC1. The van der Waals surface area contributed by atoms with Crippen LogP contribution in [-0.2, 0) is 6.54 Å². The summed E-state index contributed by atoms with van der Waals surface area (Å²) in [6.45, 7) is 3.13. The molecule has 1 saturated carbocycles. The fraction of sp³-hybridized carbons (Fsp3) is 0.625. The molecule has 0 atom stereocenters. The Labute approximate surface area is 116 Å². The molecule has 0 spiro atoms. The van der Waals surface area contributed by atoms with E-state index in [1.165, 1.54) is 38.5 Å². The predicted octanol–water partition coefficient (Wildman–Crippen LogP) is 3.40. The van der Waals surface area contributed by atoms with Crippen LogP contribution in [-0.4, -0.2) is 11.0 Å². The van der Waals surface area contributed by atoms with E-state index in [-0.39, 0.29) is 0 Å². The molecular weight excluding hydrogens is 234 g/mol. The van der Waals surface area contributed by atoms with E-state index in [1.807, 2.05) is 12.1 Å². The molecular formula is C16H23N3. The molecule has 0 unspecified atom stereocenters. The number of rotatable bonds is 5. The van der Waals surface area contributed by atoms with Gasteiger partial charge in [-0.2, -0.15) is 5.26 Å². The molecule has 1 aliphatic carbocycles. The Morgan fingerprint density at radius 1 is 1.37 bits per heavy atom. The fourth-order valence-corrected chi connectivity index (χ4v) is 2.97. The second kappa shape index (κ2) is 7.25. The molecule has 0 saturated heterocycles. The number of nitrogens with zero attached hydrogens (tertiary/aromatic N) is 2. The molecule has 1 aromatic heterocycles. The summed E-state index contributed by atoms with van der Waals surface area (Å²) in [5.41, 5.74) is 1.66. The Balaban J connectivity index is 1.76. The lowest BCUT2D eigenvalue weighted by molar-refractivity contribution is 0.277. The van der Waals surface area contributed by atoms with Crippen molar-refractivity contribution in [1.29, 1.82) is 5.26 Å². The summed E-state index contributed by atoms with van der Waals surface area (Å²) >= 11 is 0. The monoisotopic (exact) mass is 257 g/mol. The van der Waals surface area contributed by atoms with Gasteiger partial charge in [-0.25, -0.2) is 4.98 Å². The van der Waals surface area contributed by atoms with Crippen LogP contribution in [0.3, 0.4) is 0 Å². The third kappa shape index (κ3) is 4.33. The van der Waals surface area contributed by atoms with Crippen molar-refractivity contribution in [2.45, 2.75) is 58.0 Å². The van der Waals surface area contributed by atoms with Gasteiger partial charge in [-0.15, -0.1) is 0 Å². The van der Waals surface area contributed by atoms with Gasteiger partial charge in [0.05, 0.1) is 0 Å². The molecule has 19 heavy (non-hydrogen) atoms. The van der Waals surface area contributed by atoms with Crippen molar-refractivity contribution in [2.24, 2.45) is 5.92 Å². The molecule has 102 valence electrons. The van der Waals surface area contributed by atoms with E-state index < -0.39 is 0 Å². The average molecular weight is 257 g/mol. The van der Waals surface area contributed by atoms with Gasteiger partial charge in [-0.3, -0.25) is 0 Å². The lowest BCUT2D eigenvalue weighted by Crippen LogP contribution is -2.32. The highest BCUT2D eigenvalue weighted by Crippen LogP contribution is 2.27. The Hall–Kier alpha value is -1.40. The lowest BCUT2D eigenvalue weighted by Gasteiger charge is -2.29. The van der Waals surface area contributed by atoms with E-state index in [9.17, 15) is 0 Å². The molecule has 0 aliphatic heterocycles. The van der Waals surface area contributed by atoms with Crippen molar-refractivity contribution >= 4 is 0 Å². The number of aromatic nitrogens is 1. The minimum absolute atomic E-state index is 0.506. The van der Waals surface area contributed by atoms with Crippen LogP contribution in [0.15, 0.2) is 18.3 Å². The van der Waals surface area contributed by atoms with E-state index >= 15 is 0 Å². The third-order valence-corrected chi connectivity index (χ3v) is 4.08. The second-order valence-corrected chi connectivity index (χ2v) is 5.55. The molecule has 1 N–H and O–H groups in total. The minimum atomic E-state index is 0.506. The first-order valence-corrected chi connectivity index (χ1v) is 7.40. The number of nitrogens with one attached hydrogen (secondary N) is 1. The van der Waals surface area contributed by atoms with Gasteiger partial charge in [0.1, 0.15) is 11.8 Å². The van der Waals surface area contributed by atoms with Gasteiger partial charge in [-0.05, 0) is 49.3 Å². The number of nitriles is 1. The van der Waals surface area contributed by atoms with Crippen molar-refractivity contribution in [3.05, 3.63) is 29.6 Å². The number of hydrogen-bond donors (Lipinski definition) is 1. The van der Waals surface area contributed by atoms with Crippen molar-refractivity contribution < 1.29 is 0 Å².